The van der Waals surface area contributed by atoms with Crippen LogP contribution in [0, 0.1) is 5.82 Å². The molecule has 140 valence electrons. The minimum atomic E-state index is -0.306. The fourth-order valence-corrected chi connectivity index (χ4v) is 3.56. The number of aromatic nitrogens is 3. The molecule has 1 aliphatic heterocycles. The zero-order valence-electron chi connectivity index (χ0n) is 14.7. The van der Waals surface area contributed by atoms with Gasteiger partial charge in [-0.15, -0.1) is 0 Å². The zero-order chi connectivity index (χ0) is 18.8. The average Bonchev–Trinajstić information content (AvgIpc) is 3.33. The van der Waals surface area contributed by atoms with Gasteiger partial charge in [-0.05, 0) is 37.1 Å². The van der Waals surface area contributed by atoms with Crippen LogP contribution in [-0.2, 0) is 0 Å². The third-order valence-corrected chi connectivity index (χ3v) is 4.76. The number of rotatable bonds is 6. The highest BCUT2D eigenvalue weighted by Gasteiger charge is 2.30. The van der Waals surface area contributed by atoms with E-state index < -0.39 is 0 Å². The highest BCUT2D eigenvalue weighted by molar-refractivity contribution is 5.84. The molecule has 8 heteroatoms. The maximum absolute atomic E-state index is 14.0. The van der Waals surface area contributed by atoms with Crippen LogP contribution in [0.4, 0.5) is 10.2 Å². The molecule has 1 aliphatic rings. The average molecular weight is 369 g/mol. The van der Waals surface area contributed by atoms with Crippen molar-refractivity contribution in [2.45, 2.75) is 18.9 Å². The number of nitrogens with zero attached hydrogens (tertiary/aromatic N) is 4. The van der Waals surface area contributed by atoms with E-state index in [0.717, 1.165) is 37.1 Å². The minimum Gasteiger partial charge on any atom is -0.492 e. The third kappa shape index (κ3) is 3.23. The molecule has 7 nitrogen and oxygen atoms in total. The number of halogens is 1. The van der Waals surface area contributed by atoms with E-state index in [4.69, 9.17) is 10.5 Å². The number of hydrogen-bond acceptors (Lipinski definition) is 6. The van der Waals surface area contributed by atoms with Gasteiger partial charge < -0.3 is 15.4 Å². The molecular weight excluding hydrogens is 349 g/mol. The number of aldehydes is 1. The smallest absolute Gasteiger partial charge is 0.167 e. The first kappa shape index (κ1) is 17.4. The summed E-state index contributed by atoms with van der Waals surface area (Å²) in [6, 6.07) is 6.35. The molecule has 3 heterocycles. The van der Waals surface area contributed by atoms with E-state index in [9.17, 15) is 9.18 Å². The Balaban J connectivity index is 1.72. The van der Waals surface area contributed by atoms with E-state index in [1.54, 1.807) is 16.8 Å². The predicted octanol–water partition coefficient (Wildman–Crippen LogP) is 2.36. The SMILES string of the molecule is NCCOc1ccc(F)cc1C1CCCN1c1ccn2ncc(C=O)c2n1. The first-order valence-electron chi connectivity index (χ1n) is 8.90. The molecule has 4 rings (SSSR count). The number of carbonyl (C=O) groups excluding carboxylic acids is 1. The molecule has 27 heavy (non-hydrogen) atoms. The molecule has 0 spiro atoms. The van der Waals surface area contributed by atoms with Crippen molar-refractivity contribution in [3.8, 4) is 5.75 Å². The first-order valence-corrected chi connectivity index (χ1v) is 8.90. The Morgan fingerprint density at radius 1 is 1.37 bits per heavy atom. The van der Waals surface area contributed by atoms with Gasteiger partial charge in [-0.2, -0.15) is 5.10 Å². The maximum Gasteiger partial charge on any atom is 0.167 e. The molecular formula is C19H20FN5O2. The van der Waals surface area contributed by atoms with Crippen molar-refractivity contribution >= 4 is 17.8 Å². The Morgan fingerprint density at radius 3 is 3.07 bits per heavy atom. The number of anilines is 1. The van der Waals surface area contributed by atoms with Crippen LogP contribution in [0.5, 0.6) is 5.75 Å². The molecule has 1 unspecified atom stereocenters. The van der Waals surface area contributed by atoms with Gasteiger partial charge in [0.05, 0.1) is 17.8 Å². The molecule has 2 N–H and O–H groups in total. The predicted molar refractivity (Wildman–Crippen MR) is 98.6 cm³/mol. The van der Waals surface area contributed by atoms with Gasteiger partial charge in [0.1, 0.15) is 24.0 Å². The van der Waals surface area contributed by atoms with Crippen LogP contribution >= 0.6 is 0 Å². The third-order valence-electron chi connectivity index (χ3n) is 4.76. The van der Waals surface area contributed by atoms with Gasteiger partial charge in [0.2, 0.25) is 0 Å². The molecule has 0 radical (unpaired) electrons. The van der Waals surface area contributed by atoms with Crippen LogP contribution in [0.15, 0.2) is 36.7 Å². The van der Waals surface area contributed by atoms with Crippen LogP contribution in [0.1, 0.15) is 34.8 Å². The number of ether oxygens (including phenoxy) is 1. The van der Waals surface area contributed by atoms with Gasteiger partial charge in [0.15, 0.2) is 11.9 Å². The summed E-state index contributed by atoms with van der Waals surface area (Å²) >= 11 is 0. The van der Waals surface area contributed by atoms with Crippen molar-refractivity contribution in [2.75, 3.05) is 24.6 Å². The van der Waals surface area contributed by atoms with Crippen LogP contribution in [0.3, 0.4) is 0 Å². The summed E-state index contributed by atoms with van der Waals surface area (Å²) in [7, 11) is 0. The largest absolute Gasteiger partial charge is 0.492 e. The number of carbonyl (C=O) groups is 1. The maximum atomic E-state index is 14.0. The second kappa shape index (κ2) is 7.32. The molecule has 0 saturated carbocycles. The second-order valence-electron chi connectivity index (χ2n) is 6.44. The Morgan fingerprint density at radius 2 is 2.26 bits per heavy atom. The Hall–Kier alpha value is -3.00. The quantitative estimate of drug-likeness (QED) is 0.672. The Labute approximate surface area is 155 Å². The van der Waals surface area contributed by atoms with Crippen molar-refractivity contribution in [3.63, 3.8) is 0 Å². The van der Waals surface area contributed by atoms with Crippen LogP contribution in [-0.4, -0.2) is 40.6 Å². The van der Waals surface area contributed by atoms with Crippen molar-refractivity contribution < 1.29 is 13.9 Å². The fourth-order valence-electron chi connectivity index (χ4n) is 3.56. The summed E-state index contributed by atoms with van der Waals surface area (Å²) in [5.41, 5.74) is 7.27. The normalized spacial score (nSPS) is 16.8. The monoisotopic (exact) mass is 369 g/mol. The molecule has 0 amide bonds. The Kier molecular flexibility index (Phi) is 4.72. The van der Waals surface area contributed by atoms with Gasteiger partial charge >= 0.3 is 0 Å². The number of fused-ring (bicyclic) bond motifs is 1. The summed E-state index contributed by atoms with van der Waals surface area (Å²) in [5.74, 6) is 1.06. The molecule has 2 aromatic heterocycles. The minimum absolute atomic E-state index is 0.0639. The molecule has 0 aliphatic carbocycles. The van der Waals surface area contributed by atoms with E-state index >= 15 is 0 Å². The summed E-state index contributed by atoms with van der Waals surface area (Å²) in [6.07, 6.45) is 5.81. The van der Waals surface area contributed by atoms with E-state index in [1.807, 2.05) is 6.07 Å². The fraction of sp³-hybridized carbons (Fsp3) is 0.316. The highest BCUT2D eigenvalue weighted by atomic mass is 19.1. The molecule has 0 bridgehead atoms. The van der Waals surface area contributed by atoms with Crippen molar-refractivity contribution in [3.05, 3.63) is 53.6 Å². The van der Waals surface area contributed by atoms with Crippen LogP contribution in [0.25, 0.3) is 5.65 Å². The summed E-state index contributed by atoms with van der Waals surface area (Å²) in [5, 5.41) is 4.12. The van der Waals surface area contributed by atoms with Gasteiger partial charge in [-0.25, -0.2) is 13.9 Å². The molecule has 1 atom stereocenters. The van der Waals surface area contributed by atoms with E-state index in [2.05, 4.69) is 15.0 Å². The topological polar surface area (TPSA) is 85.8 Å². The van der Waals surface area contributed by atoms with E-state index in [1.165, 1.54) is 18.3 Å². The molecule has 1 saturated heterocycles. The lowest BCUT2D eigenvalue weighted by Crippen LogP contribution is -2.24. The number of hydrogen-bond donors (Lipinski definition) is 1. The van der Waals surface area contributed by atoms with Crippen LogP contribution in [0.2, 0.25) is 0 Å². The standard InChI is InChI=1S/C19H20FN5O2/c20-14-3-4-17(27-9-6-21)15(10-14)16-2-1-7-24(16)18-5-8-25-19(23-18)13(12-26)11-22-25/h3-5,8,10-12,16H,1-2,6-7,9,21H2. The summed E-state index contributed by atoms with van der Waals surface area (Å²) in [6.45, 7) is 1.54. The van der Waals surface area contributed by atoms with Crippen molar-refractivity contribution in [1.29, 1.82) is 0 Å². The molecule has 1 fully saturated rings. The lowest BCUT2D eigenvalue weighted by atomic mass is 10.0. The van der Waals surface area contributed by atoms with Gasteiger partial charge in [0.25, 0.3) is 0 Å². The number of benzene rings is 1. The highest BCUT2D eigenvalue weighted by Crippen LogP contribution is 2.39. The molecule has 1 aromatic carbocycles. The second-order valence-corrected chi connectivity index (χ2v) is 6.44. The molecule has 3 aromatic rings. The van der Waals surface area contributed by atoms with Gasteiger partial charge in [-0.1, -0.05) is 0 Å². The Bertz CT molecular complexity index is 974. The first-order chi connectivity index (χ1) is 13.2. The lowest BCUT2D eigenvalue weighted by Gasteiger charge is -2.27. The lowest BCUT2D eigenvalue weighted by molar-refractivity contribution is 0.112. The summed E-state index contributed by atoms with van der Waals surface area (Å²) in [4.78, 5) is 17.9. The van der Waals surface area contributed by atoms with E-state index in [-0.39, 0.29) is 11.9 Å². The van der Waals surface area contributed by atoms with Gasteiger partial charge in [-0.3, -0.25) is 4.79 Å². The van der Waals surface area contributed by atoms with Gasteiger partial charge in [0, 0.05) is 24.8 Å². The zero-order valence-corrected chi connectivity index (χ0v) is 14.7. The number of nitrogens with two attached hydrogens (primary N) is 1. The summed E-state index contributed by atoms with van der Waals surface area (Å²) < 4.78 is 21.3. The van der Waals surface area contributed by atoms with E-state index in [0.29, 0.717) is 30.1 Å². The van der Waals surface area contributed by atoms with Crippen molar-refractivity contribution in [2.24, 2.45) is 5.73 Å². The van der Waals surface area contributed by atoms with Crippen LogP contribution < -0.4 is 15.4 Å². The van der Waals surface area contributed by atoms with Crippen molar-refractivity contribution in [1.82, 2.24) is 14.6 Å².